The van der Waals surface area contributed by atoms with E-state index in [1.54, 1.807) is 0 Å². The number of rotatable bonds is 7. The van der Waals surface area contributed by atoms with E-state index in [1.165, 1.54) is 31.3 Å². The Morgan fingerprint density at radius 1 is 1.21 bits per heavy atom. The molecule has 0 unspecified atom stereocenters. The van der Waals surface area contributed by atoms with Crippen LogP contribution >= 0.6 is 0 Å². The molecule has 0 atom stereocenters. The number of hydrogen-bond donors (Lipinski definition) is 0. The number of carbonyl (C=O) groups excluding carboxylic acids is 1. The average Bonchev–Trinajstić information content (AvgIpc) is 2.64. The highest BCUT2D eigenvalue weighted by Gasteiger charge is 2.27. The van der Waals surface area contributed by atoms with Gasteiger partial charge in [0.1, 0.15) is 11.4 Å². The van der Waals surface area contributed by atoms with Gasteiger partial charge in [0.05, 0.1) is 24.3 Å². The molecule has 0 aliphatic heterocycles. The van der Waals surface area contributed by atoms with E-state index < -0.39 is 21.8 Å². The molecule has 1 aromatic heterocycles. The van der Waals surface area contributed by atoms with Crippen LogP contribution in [0.25, 0.3) is 11.3 Å². The summed E-state index contributed by atoms with van der Waals surface area (Å²) in [6.07, 6.45) is 1.68. The number of hydrogen-bond acceptors (Lipinski definition) is 6. The van der Waals surface area contributed by atoms with Crippen LogP contribution in [0.3, 0.4) is 0 Å². The number of carbonyl (C=O) groups is 1. The quantitative estimate of drug-likeness (QED) is 0.652. The van der Waals surface area contributed by atoms with E-state index in [9.17, 15) is 17.6 Å². The third-order valence-corrected chi connectivity index (χ3v) is 5.17. The molecule has 9 heteroatoms. The molecular weight excluding hydrogens is 385 g/mol. The lowest BCUT2D eigenvalue weighted by Gasteiger charge is -2.20. The number of benzene rings is 1. The molecule has 0 saturated carbocycles. The van der Waals surface area contributed by atoms with Crippen molar-refractivity contribution in [3.8, 4) is 11.3 Å². The third-order valence-electron chi connectivity index (χ3n) is 4.01. The Balaban J connectivity index is 2.80. The molecule has 28 heavy (non-hydrogen) atoms. The molecule has 0 saturated heterocycles. The van der Waals surface area contributed by atoms with Crippen molar-refractivity contribution in [1.82, 2.24) is 9.97 Å². The van der Waals surface area contributed by atoms with Gasteiger partial charge in [-0.2, -0.15) is 0 Å². The van der Waals surface area contributed by atoms with Crippen molar-refractivity contribution >= 4 is 21.9 Å². The first-order valence-corrected chi connectivity index (χ1v) is 10.7. The largest absolute Gasteiger partial charge is 0.462 e. The van der Waals surface area contributed by atoms with Crippen LogP contribution in [-0.4, -0.2) is 44.3 Å². The predicted octanol–water partition coefficient (Wildman–Crippen LogP) is 3.37. The highest BCUT2D eigenvalue weighted by Crippen LogP contribution is 2.31. The van der Waals surface area contributed by atoms with Crippen LogP contribution in [0.15, 0.2) is 24.3 Å². The van der Waals surface area contributed by atoms with E-state index in [2.05, 4.69) is 9.97 Å². The van der Waals surface area contributed by atoms with Gasteiger partial charge in [-0.15, -0.1) is 0 Å². The van der Waals surface area contributed by atoms with Crippen molar-refractivity contribution in [3.63, 3.8) is 0 Å². The Morgan fingerprint density at radius 3 is 2.32 bits per heavy atom. The fourth-order valence-corrected chi connectivity index (χ4v) is 2.84. The third kappa shape index (κ3) is 4.83. The van der Waals surface area contributed by atoms with Crippen LogP contribution < -0.4 is 4.31 Å². The van der Waals surface area contributed by atoms with E-state index >= 15 is 0 Å². The number of aromatic nitrogens is 2. The van der Waals surface area contributed by atoms with Crippen molar-refractivity contribution < 1.29 is 22.3 Å². The van der Waals surface area contributed by atoms with Crippen molar-refractivity contribution in [1.29, 1.82) is 0 Å². The van der Waals surface area contributed by atoms with E-state index in [0.29, 0.717) is 17.7 Å². The zero-order valence-electron chi connectivity index (χ0n) is 16.6. The van der Waals surface area contributed by atoms with Crippen molar-refractivity contribution in [2.75, 3.05) is 24.2 Å². The number of ether oxygens (including phenoxy) is 1. The second kappa shape index (κ2) is 8.64. The lowest BCUT2D eigenvalue weighted by atomic mass is 9.98. The van der Waals surface area contributed by atoms with E-state index in [4.69, 9.17) is 4.74 Å². The summed E-state index contributed by atoms with van der Waals surface area (Å²) in [6.45, 7) is 5.76. The molecule has 0 fully saturated rings. The molecule has 0 bridgehead atoms. The molecule has 0 N–H and O–H groups in total. The Hall–Kier alpha value is -2.55. The Labute approximate surface area is 164 Å². The van der Waals surface area contributed by atoms with Gasteiger partial charge in [-0.25, -0.2) is 31.9 Å². The molecule has 2 rings (SSSR count). The first-order chi connectivity index (χ1) is 13.1. The van der Waals surface area contributed by atoms with Crippen LogP contribution in [0.1, 0.15) is 49.2 Å². The van der Waals surface area contributed by atoms with E-state index in [0.717, 1.165) is 10.6 Å². The molecule has 0 aliphatic rings. The summed E-state index contributed by atoms with van der Waals surface area (Å²) in [7, 11) is -2.29. The summed E-state index contributed by atoms with van der Waals surface area (Å²) >= 11 is 0. The zero-order chi connectivity index (χ0) is 21.1. The maximum Gasteiger partial charge on any atom is 0.342 e. The Kier molecular flexibility index (Phi) is 6.71. The lowest BCUT2D eigenvalue weighted by Crippen LogP contribution is -2.28. The first kappa shape index (κ1) is 21.7. The first-order valence-electron chi connectivity index (χ1n) is 8.85. The maximum atomic E-state index is 13.4. The highest BCUT2D eigenvalue weighted by atomic mass is 32.2. The number of sulfonamides is 1. The predicted molar refractivity (Wildman–Crippen MR) is 105 cm³/mol. The molecule has 1 aromatic carbocycles. The van der Waals surface area contributed by atoms with Gasteiger partial charge >= 0.3 is 5.97 Å². The smallest absolute Gasteiger partial charge is 0.342 e. The summed E-state index contributed by atoms with van der Waals surface area (Å²) < 4.78 is 43.6. The van der Waals surface area contributed by atoms with Crippen LogP contribution in [0.5, 0.6) is 0 Å². The minimum absolute atomic E-state index is 0.0717. The van der Waals surface area contributed by atoms with Gasteiger partial charge in [-0.05, 0) is 36.6 Å². The fraction of sp³-hybridized carbons (Fsp3) is 0.421. The number of nitrogens with zero attached hydrogens (tertiary/aromatic N) is 3. The van der Waals surface area contributed by atoms with Gasteiger partial charge in [-0.3, -0.25) is 0 Å². The number of anilines is 1. The van der Waals surface area contributed by atoms with Gasteiger partial charge < -0.3 is 4.74 Å². The second-order valence-electron chi connectivity index (χ2n) is 6.66. The number of halogens is 1. The molecule has 2 aromatic rings. The summed E-state index contributed by atoms with van der Waals surface area (Å²) in [5.41, 5.74) is 1.17. The molecular formula is C19H24FN3O4S. The Bertz CT molecular complexity index is 960. The van der Waals surface area contributed by atoms with Gasteiger partial charge in [0.15, 0.2) is 0 Å². The summed E-state index contributed by atoms with van der Waals surface area (Å²) in [5, 5.41) is 0. The normalized spacial score (nSPS) is 11.5. The molecule has 0 spiro atoms. The van der Waals surface area contributed by atoms with Gasteiger partial charge in [0.2, 0.25) is 16.0 Å². The maximum absolute atomic E-state index is 13.4. The van der Waals surface area contributed by atoms with E-state index in [-0.39, 0.29) is 29.7 Å². The monoisotopic (exact) mass is 409 g/mol. The molecule has 7 nitrogen and oxygen atoms in total. The summed E-state index contributed by atoms with van der Waals surface area (Å²) in [4.78, 5) is 21.4. The minimum Gasteiger partial charge on any atom is -0.462 e. The standard InChI is InChI=1S/C19H24FN3O4S/c1-6-11-27-18(24)15-16(12(2)3)21-19(23(4)28(5,25)26)22-17(15)13-7-9-14(20)10-8-13/h7-10,12H,6,11H2,1-5H3. The minimum atomic E-state index is -3.62. The van der Waals surface area contributed by atoms with Crippen molar-refractivity contribution in [2.45, 2.75) is 33.1 Å². The van der Waals surface area contributed by atoms with Crippen molar-refractivity contribution in [3.05, 3.63) is 41.3 Å². The lowest BCUT2D eigenvalue weighted by molar-refractivity contribution is 0.0503. The van der Waals surface area contributed by atoms with Crippen molar-refractivity contribution in [2.24, 2.45) is 0 Å². The van der Waals surface area contributed by atoms with Gasteiger partial charge in [-0.1, -0.05) is 20.8 Å². The average molecular weight is 409 g/mol. The van der Waals surface area contributed by atoms with Crippen LogP contribution in [0.2, 0.25) is 0 Å². The van der Waals surface area contributed by atoms with Crippen LogP contribution in [0.4, 0.5) is 10.3 Å². The molecule has 0 aliphatic carbocycles. The summed E-state index contributed by atoms with van der Waals surface area (Å²) in [6, 6.07) is 5.44. The molecule has 152 valence electrons. The van der Waals surface area contributed by atoms with Crippen LogP contribution in [-0.2, 0) is 14.8 Å². The molecule has 0 radical (unpaired) electrons. The highest BCUT2D eigenvalue weighted by molar-refractivity contribution is 7.92. The topological polar surface area (TPSA) is 89.5 Å². The Morgan fingerprint density at radius 2 is 1.82 bits per heavy atom. The van der Waals surface area contributed by atoms with Gasteiger partial charge in [0.25, 0.3) is 0 Å². The van der Waals surface area contributed by atoms with Crippen LogP contribution in [0, 0.1) is 5.82 Å². The van der Waals surface area contributed by atoms with Gasteiger partial charge in [0, 0.05) is 12.6 Å². The SMILES string of the molecule is CCCOC(=O)c1c(-c2ccc(F)cc2)nc(N(C)S(C)(=O)=O)nc1C(C)C. The second-order valence-corrected chi connectivity index (χ2v) is 8.67. The summed E-state index contributed by atoms with van der Waals surface area (Å²) in [5.74, 6) is -1.32. The zero-order valence-corrected chi connectivity index (χ0v) is 17.4. The fourth-order valence-electron chi connectivity index (χ4n) is 2.46. The molecule has 0 amide bonds. The number of esters is 1. The van der Waals surface area contributed by atoms with E-state index in [1.807, 2.05) is 20.8 Å². The molecule has 1 heterocycles.